The van der Waals surface area contributed by atoms with Gasteiger partial charge in [0.2, 0.25) is 0 Å². The Balaban J connectivity index is 2.07. The predicted octanol–water partition coefficient (Wildman–Crippen LogP) is 5.30. The number of methoxy groups -OCH3 is 1. The maximum atomic E-state index is 5.68. The molecular formula is C18H28O. The molecule has 1 aromatic rings. The zero-order valence-electron chi connectivity index (χ0n) is 12.4. The highest BCUT2D eigenvalue weighted by molar-refractivity contribution is 5.41. The molecule has 1 aromatic carbocycles. The molecule has 106 valence electrons. The van der Waals surface area contributed by atoms with Gasteiger partial charge in [-0.05, 0) is 36.8 Å². The fourth-order valence-electron chi connectivity index (χ4n) is 3.16. The van der Waals surface area contributed by atoms with Gasteiger partial charge in [-0.25, -0.2) is 0 Å². The Morgan fingerprint density at radius 3 is 1.53 bits per heavy atom. The molecule has 0 aromatic heterocycles. The molecule has 0 heterocycles. The largest absolute Gasteiger partial charge is 0.496 e. The molecule has 2 bridgehead atoms. The van der Waals surface area contributed by atoms with Crippen molar-refractivity contribution in [2.45, 2.75) is 70.6 Å². The third kappa shape index (κ3) is 4.56. The molecule has 0 saturated carbocycles. The van der Waals surface area contributed by atoms with Gasteiger partial charge in [-0.2, -0.15) is 0 Å². The average Bonchev–Trinajstić information content (AvgIpc) is 2.44. The summed E-state index contributed by atoms with van der Waals surface area (Å²) >= 11 is 0. The summed E-state index contributed by atoms with van der Waals surface area (Å²) < 4.78 is 5.68. The van der Waals surface area contributed by atoms with Crippen molar-refractivity contribution in [2.75, 3.05) is 7.11 Å². The first kappa shape index (κ1) is 14.4. The lowest BCUT2D eigenvalue weighted by Crippen LogP contribution is -1.99. The molecular weight excluding hydrogens is 232 g/mol. The number of benzene rings is 1. The first-order chi connectivity index (χ1) is 9.42. The Bertz CT molecular complexity index is 340. The summed E-state index contributed by atoms with van der Waals surface area (Å²) in [6.07, 6.45) is 14.8. The van der Waals surface area contributed by atoms with Gasteiger partial charge in [-0.15, -0.1) is 0 Å². The summed E-state index contributed by atoms with van der Waals surface area (Å²) in [7, 11) is 1.82. The van der Waals surface area contributed by atoms with Crippen LogP contribution in [0, 0.1) is 0 Å². The number of hydrogen-bond acceptors (Lipinski definition) is 1. The molecule has 0 atom stereocenters. The van der Waals surface area contributed by atoms with Crippen molar-refractivity contribution in [3.8, 4) is 5.75 Å². The van der Waals surface area contributed by atoms with E-state index in [0.717, 1.165) is 0 Å². The van der Waals surface area contributed by atoms with Gasteiger partial charge in [0.15, 0.2) is 0 Å². The zero-order valence-corrected chi connectivity index (χ0v) is 12.4. The van der Waals surface area contributed by atoms with Crippen LogP contribution in [-0.4, -0.2) is 7.11 Å². The van der Waals surface area contributed by atoms with Crippen LogP contribution in [0.2, 0.25) is 0 Å². The van der Waals surface area contributed by atoms with Gasteiger partial charge in [0.05, 0.1) is 7.11 Å². The van der Waals surface area contributed by atoms with Gasteiger partial charge in [0.1, 0.15) is 5.75 Å². The van der Waals surface area contributed by atoms with Crippen molar-refractivity contribution in [3.05, 3.63) is 29.3 Å². The first-order valence-corrected chi connectivity index (χ1v) is 8.06. The van der Waals surface area contributed by atoms with E-state index >= 15 is 0 Å². The molecule has 0 radical (unpaired) electrons. The molecule has 1 aliphatic carbocycles. The normalized spacial score (nSPS) is 18.6. The summed E-state index contributed by atoms with van der Waals surface area (Å²) in [6, 6.07) is 6.70. The molecule has 0 amide bonds. The van der Waals surface area contributed by atoms with Gasteiger partial charge in [-0.1, -0.05) is 63.1 Å². The van der Waals surface area contributed by atoms with Crippen LogP contribution in [0.1, 0.15) is 68.9 Å². The third-order valence-electron chi connectivity index (χ3n) is 4.27. The topological polar surface area (TPSA) is 9.23 Å². The second-order valence-electron chi connectivity index (χ2n) is 5.79. The molecule has 0 aliphatic heterocycles. The Labute approximate surface area is 118 Å². The lowest BCUT2D eigenvalue weighted by atomic mass is 9.97. The monoisotopic (exact) mass is 260 g/mol. The summed E-state index contributed by atoms with van der Waals surface area (Å²) in [4.78, 5) is 0. The minimum atomic E-state index is 1.17. The number of hydrogen-bond donors (Lipinski definition) is 0. The second-order valence-corrected chi connectivity index (χ2v) is 5.79. The van der Waals surface area contributed by atoms with E-state index in [9.17, 15) is 0 Å². The SMILES string of the molecule is COc1c2cccc1CCCCCCCCCCC2. The Morgan fingerprint density at radius 2 is 1.11 bits per heavy atom. The van der Waals surface area contributed by atoms with Gasteiger partial charge in [-0.3, -0.25) is 0 Å². The molecule has 2 rings (SSSR count). The Hall–Kier alpha value is -0.980. The molecule has 0 saturated heterocycles. The fraction of sp³-hybridized carbons (Fsp3) is 0.667. The second kappa shape index (κ2) is 8.24. The van der Waals surface area contributed by atoms with E-state index in [-0.39, 0.29) is 0 Å². The molecule has 0 fully saturated rings. The number of rotatable bonds is 1. The highest BCUT2D eigenvalue weighted by Gasteiger charge is 2.09. The van der Waals surface area contributed by atoms with Gasteiger partial charge in [0.25, 0.3) is 0 Å². The van der Waals surface area contributed by atoms with Gasteiger partial charge in [0, 0.05) is 0 Å². The highest BCUT2D eigenvalue weighted by Crippen LogP contribution is 2.27. The van der Waals surface area contributed by atoms with Crippen molar-refractivity contribution in [1.29, 1.82) is 0 Å². The molecule has 0 unspecified atom stereocenters. The molecule has 0 spiro atoms. The Kier molecular flexibility index (Phi) is 6.26. The summed E-state index contributed by atoms with van der Waals surface area (Å²) in [5.74, 6) is 1.17. The number of para-hydroxylation sites is 1. The van der Waals surface area contributed by atoms with Crippen LogP contribution >= 0.6 is 0 Å². The molecule has 1 aliphatic rings. The summed E-state index contributed by atoms with van der Waals surface area (Å²) in [5, 5.41) is 0. The van der Waals surface area contributed by atoms with E-state index < -0.39 is 0 Å². The van der Waals surface area contributed by atoms with Crippen molar-refractivity contribution in [3.63, 3.8) is 0 Å². The van der Waals surface area contributed by atoms with E-state index in [0.29, 0.717) is 0 Å². The van der Waals surface area contributed by atoms with Gasteiger partial charge < -0.3 is 4.74 Å². The molecule has 19 heavy (non-hydrogen) atoms. The first-order valence-electron chi connectivity index (χ1n) is 8.06. The van der Waals surface area contributed by atoms with E-state index in [1.807, 2.05) is 7.11 Å². The standard InChI is InChI=1S/C18H28O/c1-19-18-16-12-9-7-5-3-2-4-6-8-10-13-17(18)15-11-14-16/h11,14-15H,2-10,12-13H2,1H3. The molecule has 1 nitrogen and oxygen atoms in total. The maximum Gasteiger partial charge on any atom is 0.125 e. The average molecular weight is 260 g/mol. The summed E-state index contributed by atoms with van der Waals surface area (Å²) in [6.45, 7) is 0. The number of ether oxygens (including phenoxy) is 1. The van der Waals surface area contributed by atoms with E-state index in [1.165, 1.54) is 87.5 Å². The lowest BCUT2D eigenvalue weighted by molar-refractivity contribution is 0.402. The summed E-state index contributed by atoms with van der Waals surface area (Å²) in [5.41, 5.74) is 2.83. The van der Waals surface area contributed by atoms with Crippen molar-refractivity contribution >= 4 is 0 Å². The Morgan fingerprint density at radius 1 is 0.684 bits per heavy atom. The predicted molar refractivity (Wildman–Crippen MR) is 82.0 cm³/mol. The van der Waals surface area contributed by atoms with Crippen LogP contribution in [0.5, 0.6) is 5.75 Å². The van der Waals surface area contributed by atoms with Crippen molar-refractivity contribution in [1.82, 2.24) is 0 Å². The maximum absolute atomic E-state index is 5.68. The van der Waals surface area contributed by atoms with Crippen LogP contribution in [0.4, 0.5) is 0 Å². The van der Waals surface area contributed by atoms with Crippen LogP contribution in [0.15, 0.2) is 18.2 Å². The van der Waals surface area contributed by atoms with Crippen molar-refractivity contribution < 1.29 is 4.74 Å². The quantitative estimate of drug-likeness (QED) is 0.665. The number of fused-ring (bicyclic) bond motifs is 2. The van der Waals surface area contributed by atoms with Crippen molar-refractivity contribution in [2.24, 2.45) is 0 Å². The van der Waals surface area contributed by atoms with Crippen LogP contribution in [-0.2, 0) is 12.8 Å². The fourth-order valence-corrected chi connectivity index (χ4v) is 3.16. The lowest BCUT2D eigenvalue weighted by Gasteiger charge is -2.14. The van der Waals surface area contributed by atoms with Crippen LogP contribution in [0.3, 0.4) is 0 Å². The molecule has 0 N–H and O–H groups in total. The van der Waals surface area contributed by atoms with Gasteiger partial charge >= 0.3 is 0 Å². The minimum Gasteiger partial charge on any atom is -0.496 e. The van der Waals surface area contributed by atoms with E-state index in [4.69, 9.17) is 4.74 Å². The zero-order chi connectivity index (χ0) is 13.3. The highest BCUT2D eigenvalue weighted by atomic mass is 16.5. The number of aryl methyl sites for hydroxylation is 2. The van der Waals surface area contributed by atoms with E-state index in [1.54, 1.807) is 0 Å². The smallest absolute Gasteiger partial charge is 0.125 e. The minimum absolute atomic E-state index is 1.17. The van der Waals surface area contributed by atoms with Crippen LogP contribution < -0.4 is 4.74 Å². The van der Waals surface area contributed by atoms with E-state index in [2.05, 4.69) is 18.2 Å². The molecule has 1 heteroatoms. The third-order valence-corrected chi connectivity index (χ3v) is 4.27. The van der Waals surface area contributed by atoms with Crippen LogP contribution in [0.25, 0.3) is 0 Å².